The number of rotatable bonds is 6. The maximum absolute atomic E-state index is 5.49. The lowest BCUT2D eigenvalue weighted by atomic mass is 9.99. The van der Waals surface area contributed by atoms with E-state index in [1.165, 1.54) is 21.2 Å². The van der Waals surface area contributed by atoms with E-state index >= 15 is 0 Å². The summed E-state index contributed by atoms with van der Waals surface area (Å²) in [5.74, 6) is 1.02. The van der Waals surface area contributed by atoms with Crippen LogP contribution in [0.1, 0.15) is 36.3 Å². The quantitative estimate of drug-likeness (QED) is 0.686. The van der Waals surface area contributed by atoms with Gasteiger partial charge in [0.1, 0.15) is 5.76 Å². The van der Waals surface area contributed by atoms with Crippen molar-refractivity contribution in [3.05, 3.63) is 58.9 Å². The summed E-state index contributed by atoms with van der Waals surface area (Å²) in [5, 5.41) is 7.33. The van der Waals surface area contributed by atoms with Crippen molar-refractivity contribution >= 4 is 21.4 Å². The summed E-state index contributed by atoms with van der Waals surface area (Å²) < 4.78 is 6.86. The number of hydrogen-bond acceptors (Lipinski definition) is 3. The van der Waals surface area contributed by atoms with Gasteiger partial charge in [-0.1, -0.05) is 25.1 Å². The molecular weight excluding hydrogens is 278 g/mol. The topological polar surface area (TPSA) is 25.2 Å². The van der Waals surface area contributed by atoms with Crippen LogP contribution in [0.2, 0.25) is 0 Å². The van der Waals surface area contributed by atoms with Crippen LogP contribution in [-0.4, -0.2) is 6.54 Å². The summed E-state index contributed by atoms with van der Waals surface area (Å²) in [4.78, 5) is 0. The van der Waals surface area contributed by atoms with E-state index in [1.54, 1.807) is 6.26 Å². The minimum atomic E-state index is 0.321. The van der Waals surface area contributed by atoms with E-state index < -0.39 is 0 Å². The molecule has 21 heavy (non-hydrogen) atoms. The Labute approximate surface area is 129 Å². The molecule has 1 unspecified atom stereocenters. The van der Waals surface area contributed by atoms with Gasteiger partial charge in [-0.3, -0.25) is 0 Å². The highest BCUT2D eigenvalue weighted by Crippen LogP contribution is 2.30. The Balaban J connectivity index is 1.89. The lowest BCUT2D eigenvalue weighted by Gasteiger charge is -2.18. The number of hydrogen-bond donors (Lipinski definition) is 1. The fraction of sp³-hybridized carbons (Fsp3) is 0.333. The van der Waals surface area contributed by atoms with Crippen LogP contribution in [0.25, 0.3) is 10.1 Å². The normalized spacial score (nSPS) is 12.9. The number of benzene rings is 1. The molecule has 0 aliphatic carbocycles. The Bertz CT molecular complexity index is 713. The largest absolute Gasteiger partial charge is 0.469 e. The average molecular weight is 299 g/mol. The molecule has 2 heterocycles. The van der Waals surface area contributed by atoms with Crippen LogP contribution in [0.4, 0.5) is 0 Å². The number of nitrogens with one attached hydrogen (secondary N) is 1. The van der Waals surface area contributed by atoms with Crippen LogP contribution in [0.5, 0.6) is 0 Å². The third-order valence-electron chi connectivity index (χ3n) is 3.90. The minimum Gasteiger partial charge on any atom is -0.469 e. The summed E-state index contributed by atoms with van der Waals surface area (Å²) in [5.41, 5.74) is 2.70. The molecule has 110 valence electrons. The van der Waals surface area contributed by atoms with Crippen LogP contribution in [0.3, 0.4) is 0 Å². The molecule has 0 spiro atoms. The highest BCUT2D eigenvalue weighted by atomic mass is 32.1. The number of thiophene rings is 1. The molecule has 0 saturated heterocycles. The molecule has 0 radical (unpaired) electrons. The zero-order valence-electron chi connectivity index (χ0n) is 12.6. The van der Waals surface area contributed by atoms with Gasteiger partial charge in [0.05, 0.1) is 6.26 Å². The second-order valence-electron chi connectivity index (χ2n) is 5.40. The van der Waals surface area contributed by atoms with Crippen LogP contribution in [0, 0.1) is 6.92 Å². The van der Waals surface area contributed by atoms with Crippen molar-refractivity contribution in [3.63, 3.8) is 0 Å². The Hall–Kier alpha value is -1.58. The molecule has 2 nitrogen and oxygen atoms in total. The Kier molecular flexibility index (Phi) is 4.42. The van der Waals surface area contributed by atoms with Crippen LogP contribution >= 0.6 is 11.3 Å². The average Bonchev–Trinajstić information content (AvgIpc) is 3.10. The van der Waals surface area contributed by atoms with Gasteiger partial charge in [-0.05, 0) is 54.8 Å². The van der Waals surface area contributed by atoms with Gasteiger partial charge in [0.2, 0.25) is 0 Å². The maximum Gasteiger partial charge on any atom is 0.105 e. The van der Waals surface area contributed by atoms with Crippen molar-refractivity contribution in [2.75, 3.05) is 6.54 Å². The van der Waals surface area contributed by atoms with Crippen LogP contribution < -0.4 is 5.32 Å². The molecular formula is C18H21NOS. The first-order valence-electron chi connectivity index (χ1n) is 7.52. The van der Waals surface area contributed by atoms with Crippen molar-refractivity contribution in [2.24, 2.45) is 0 Å². The predicted octanol–water partition coefficient (Wildman–Crippen LogP) is 5.09. The SMILES string of the molecule is CCCNC(Cc1csc2ccccc12)c1ccoc1C. The second-order valence-corrected chi connectivity index (χ2v) is 6.31. The highest BCUT2D eigenvalue weighted by Gasteiger charge is 2.17. The number of aryl methyl sites for hydroxylation is 1. The van der Waals surface area contributed by atoms with E-state index in [9.17, 15) is 0 Å². The fourth-order valence-corrected chi connectivity index (χ4v) is 3.75. The predicted molar refractivity (Wildman–Crippen MR) is 90.0 cm³/mol. The van der Waals surface area contributed by atoms with Crippen molar-refractivity contribution in [1.82, 2.24) is 5.32 Å². The van der Waals surface area contributed by atoms with E-state index in [-0.39, 0.29) is 0 Å². The van der Waals surface area contributed by atoms with E-state index in [0.717, 1.165) is 25.1 Å². The summed E-state index contributed by atoms with van der Waals surface area (Å²) in [6.07, 6.45) is 3.93. The second kappa shape index (κ2) is 6.46. The molecule has 0 saturated carbocycles. The standard InChI is InChI=1S/C18H21NOS/c1-3-9-19-17(15-8-10-20-13(15)2)11-14-12-21-18-7-5-4-6-16(14)18/h4-8,10,12,17,19H,3,9,11H2,1-2H3. The van der Waals surface area contributed by atoms with Gasteiger partial charge in [-0.15, -0.1) is 11.3 Å². The van der Waals surface area contributed by atoms with Gasteiger partial charge in [0.15, 0.2) is 0 Å². The maximum atomic E-state index is 5.49. The molecule has 1 aromatic carbocycles. The molecule has 1 atom stereocenters. The van der Waals surface area contributed by atoms with Gasteiger partial charge in [0.25, 0.3) is 0 Å². The van der Waals surface area contributed by atoms with Crippen molar-refractivity contribution in [1.29, 1.82) is 0 Å². The van der Waals surface area contributed by atoms with E-state index in [2.05, 4.69) is 48.0 Å². The lowest BCUT2D eigenvalue weighted by Crippen LogP contribution is -2.24. The first kappa shape index (κ1) is 14.4. The van der Waals surface area contributed by atoms with Crippen molar-refractivity contribution in [2.45, 2.75) is 32.7 Å². The molecule has 2 aromatic heterocycles. The summed E-state index contributed by atoms with van der Waals surface area (Å²) in [6.45, 7) is 5.27. The molecule has 3 aromatic rings. The van der Waals surface area contributed by atoms with Gasteiger partial charge < -0.3 is 9.73 Å². The van der Waals surface area contributed by atoms with Crippen molar-refractivity contribution < 1.29 is 4.42 Å². The van der Waals surface area contributed by atoms with Crippen LogP contribution in [-0.2, 0) is 6.42 Å². The highest BCUT2D eigenvalue weighted by molar-refractivity contribution is 7.17. The first-order chi connectivity index (χ1) is 10.3. The smallest absolute Gasteiger partial charge is 0.105 e. The molecule has 0 aliphatic rings. The Morgan fingerprint density at radius 3 is 2.86 bits per heavy atom. The summed E-state index contributed by atoms with van der Waals surface area (Å²) >= 11 is 1.83. The number of furan rings is 1. The van der Waals surface area contributed by atoms with Crippen LogP contribution in [0.15, 0.2) is 46.4 Å². The van der Waals surface area contributed by atoms with E-state index in [4.69, 9.17) is 4.42 Å². The van der Waals surface area contributed by atoms with Crippen molar-refractivity contribution in [3.8, 4) is 0 Å². The first-order valence-corrected chi connectivity index (χ1v) is 8.40. The number of fused-ring (bicyclic) bond motifs is 1. The van der Waals surface area contributed by atoms with Gasteiger partial charge in [-0.25, -0.2) is 0 Å². The summed E-state index contributed by atoms with van der Waals surface area (Å²) in [7, 11) is 0. The van der Waals surface area contributed by atoms with E-state index in [0.29, 0.717) is 6.04 Å². The zero-order valence-corrected chi connectivity index (χ0v) is 13.4. The fourth-order valence-electron chi connectivity index (χ4n) is 2.78. The summed E-state index contributed by atoms with van der Waals surface area (Å²) in [6, 6.07) is 11.1. The third kappa shape index (κ3) is 3.04. The molecule has 0 bridgehead atoms. The molecule has 0 amide bonds. The van der Waals surface area contributed by atoms with Gasteiger partial charge in [-0.2, -0.15) is 0 Å². The Morgan fingerprint density at radius 2 is 2.10 bits per heavy atom. The third-order valence-corrected chi connectivity index (χ3v) is 4.91. The lowest BCUT2D eigenvalue weighted by molar-refractivity contribution is 0.495. The molecule has 0 fully saturated rings. The van der Waals surface area contributed by atoms with Gasteiger partial charge in [0, 0.05) is 16.3 Å². The minimum absolute atomic E-state index is 0.321. The molecule has 3 heteroatoms. The monoisotopic (exact) mass is 299 g/mol. The molecule has 1 N–H and O–H groups in total. The zero-order chi connectivity index (χ0) is 14.7. The van der Waals surface area contributed by atoms with E-state index in [1.807, 2.05) is 18.3 Å². The molecule has 0 aliphatic heterocycles. The van der Waals surface area contributed by atoms with Gasteiger partial charge >= 0.3 is 0 Å². The molecule has 3 rings (SSSR count). The Morgan fingerprint density at radius 1 is 1.24 bits per heavy atom.